The molecule has 6 rings (SSSR count). The van der Waals surface area contributed by atoms with Gasteiger partial charge in [0, 0.05) is 29.3 Å². The number of aromatic amines is 1. The van der Waals surface area contributed by atoms with E-state index in [1.807, 2.05) is 41.6 Å². The number of H-pyrrole nitrogens is 1. The van der Waals surface area contributed by atoms with Gasteiger partial charge >= 0.3 is 0 Å². The van der Waals surface area contributed by atoms with Crippen LogP contribution in [0.1, 0.15) is 40.9 Å². The first-order valence-electron chi connectivity index (χ1n) is 9.33. The monoisotopic (exact) mass is 358 g/mol. The van der Waals surface area contributed by atoms with E-state index in [4.69, 9.17) is 4.74 Å². The van der Waals surface area contributed by atoms with Gasteiger partial charge in [-0.05, 0) is 36.6 Å². The minimum atomic E-state index is -0.0512. The van der Waals surface area contributed by atoms with Crippen LogP contribution in [-0.2, 0) is 12.0 Å². The Morgan fingerprint density at radius 3 is 2.96 bits per heavy atom. The zero-order valence-electron chi connectivity index (χ0n) is 14.7. The number of anilines is 1. The molecule has 1 amide bonds. The Hall–Kier alpha value is -3.15. The Morgan fingerprint density at radius 2 is 2.11 bits per heavy atom. The van der Waals surface area contributed by atoms with Gasteiger partial charge in [-0.25, -0.2) is 0 Å². The number of nitrogens with zero attached hydrogens (tertiary/aromatic N) is 3. The Morgan fingerprint density at radius 1 is 1.22 bits per heavy atom. The van der Waals surface area contributed by atoms with E-state index in [9.17, 15) is 4.79 Å². The van der Waals surface area contributed by atoms with Crippen LogP contribution in [0.3, 0.4) is 0 Å². The number of carbonyl (C=O) groups is 1. The first-order chi connectivity index (χ1) is 13.3. The van der Waals surface area contributed by atoms with Gasteiger partial charge < -0.3 is 9.64 Å². The molecule has 1 N–H and O–H groups in total. The largest absolute Gasteiger partial charge is 0.488 e. The molecule has 4 heterocycles. The molecule has 0 saturated heterocycles. The number of pyridine rings is 1. The third-order valence-corrected chi connectivity index (χ3v) is 6.27. The van der Waals surface area contributed by atoms with Crippen LogP contribution in [0.4, 0.5) is 5.69 Å². The number of aromatic nitrogens is 3. The Labute approximate surface area is 156 Å². The minimum Gasteiger partial charge on any atom is -0.488 e. The molecule has 1 saturated carbocycles. The van der Waals surface area contributed by atoms with Crippen LogP contribution >= 0.6 is 0 Å². The standard InChI is InChI=1S/C21H18N4O2/c26-20(25-12-21(7-3-8-21)15-6-9-22-10-16(15)25)19-14-11-27-17-5-2-1-4-13(17)18(14)23-24-19/h1-2,4-6,9-10H,3,7-8,11-12H2,(H,23,24). The molecule has 3 aromatic rings. The highest BCUT2D eigenvalue weighted by molar-refractivity contribution is 6.08. The number of para-hydroxylation sites is 1. The molecule has 1 spiro atoms. The normalized spacial score (nSPS) is 18.3. The maximum atomic E-state index is 13.5. The van der Waals surface area contributed by atoms with Crippen molar-refractivity contribution >= 4 is 11.6 Å². The number of ether oxygens (including phenoxy) is 1. The Kier molecular flexibility index (Phi) is 2.88. The quantitative estimate of drug-likeness (QED) is 0.723. The average Bonchev–Trinajstić information content (AvgIpc) is 3.27. The zero-order chi connectivity index (χ0) is 18.0. The van der Waals surface area contributed by atoms with E-state index in [1.54, 1.807) is 0 Å². The Bertz CT molecular complexity index is 1080. The van der Waals surface area contributed by atoms with Gasteiger partial charge in [0.1, 0.15) is 23.7 Å². The van der Waals surface area contributed by atoms with Gasteiger partial charge in [0.05, 0.1) is 11.9 Å². The summed E-state index contributed by atoms with van der Waals surface area (Å²) in [5.74, 6) is 0.754. The molecule has 6 heteroatoms. The Balaban J connectivity index is 1.42. The fourth-order valence-corrected chi connectivity index (χ4v) is 4.71. The predicted molar refractivity (Wildman–Crippen MR) is 99.8 cm³/mol. The molecule has 3 aliphatic rings. The number of hydrogen-bond acceptors (Lipinski definition) is 4. The van der Waals surface area contributed by atoms with Gasteiger partial charge in [-0.15, -0.1) is 0 Å². The van der Waals surface area contributed by atoms with Crippen LogP contribution in [0.5, 0.6) is 5.75 Å². The molecule has 2 aromatic heterocycles. The topological polar surface area (TPSA) is 71.1 Å². The summed E-state index contributed by atoms with van der Waals surface area (Å²) in [5, 5.41) is 7.44. The van der Waals surface area contributed by atoms with Crippen molar-refractivity contribution in [3.05, 3.63) is 59.5 Å². The van der Waals surface area contributed by atoms with Crippen molar-refractivity contribution in [3.8, 4) is 17.0 Å². The maximum Gasteiger partial charge on any atom is 0.276 e. The van der Waals surface area contributed by atoms with Crippen molar-refractivity contribution in [1.82, 2.24) is 15.2 Å². The lowest BCUT2D eigenvalue weighted by atomic mass is 9.66. The zero-order valence-corrected chi connectivity index (χ0v) is 14.7. The van der Waals surface area contributed by atoms with Crippen molar-refractivity contribution in [2.75, 3.05) is 11.4 Å². The van der Waals surface area contributed by atoms with Crippen molar-refractivity contribution in [2.24, 2.45) is 0 Å². The van der Waals surface area contributed by atoms with Crippen LogP contribution < -0.4 is 9.64 Å². The molecule has 0 bridgehead atoms. The van der Waals surface area contributed by atoms with Crippen molar-refractivity contribution in [3.63, 3.8) is 0 Å². The second-order valence-electron chi connectivity index (χ2n) is 7.63. The maximum absolute atomic E-state index is 13.5. The molecule has 0 unspecified atom stereocenters. The third kappa shape index (κ3) is 1.92. The number of fused-ring (bicyclic) bond motifs is 5. The van der Waals surface area contributed by atoms with Gasteiger partial charge in [0.15, 0.2) is 0 Å². The van der Waals surface area contributed by atoms with Crippen LogP contribution in [-0.4, -0.2) is 27.6 Å². The fourth-order valence-electron chi connectivity index (χ4n) is 4.71. The summed E-state index contributed by atoms with van der Waals surface area (Å²) in [7, 11) is 0. The van der Waals surface area contributed by atoms with E-state index in [2.05, 4.69) is 21.2 Å². The highest BCUT2D eigenvalue weighted by atomic mass is 16.5. The summed E-state index contributed by atoms with van der Waals surface area (Å²) in [6.45, 7) is 1.07. The van der Waals surface area contributed by atoms with E-state index in [0.29, 0.717) is 12.3 Å². The van der Waals surface area contributed by atoms with E-state index < -0.39 is 0 Å². The number of rotatable bonds is 1. The van der Waals surface area contributed by atoms with Crippen molar-refractivity contribution in [1.29, 1.82) is 0 Å². The second kappa shape index (κ2) is 5.19. The summed E-state index contributed by atoms with van der Waals surface area (Å²) in [6, 6.07) is 9.87. The predicted octanol–water partition coefficient (Wildman–Crippen LogP) is 3.45. The van der Waals surface area contributed by atoms with Gasteiger partial charge in [-0.3, -0.25) is 14.9 Å². The molecule has 1 aromatic carbocycles. The molecule has 27 heavy (non-hydrogen) atoms. The second-order valence-corrected chi connectivity index (χ2v) is 7.63. The van der Waals surface area contributed by atoms with Crippen LogP contribution in [0, 0.1) is 0 Å². The van der Waals surface area contributed by atoms with Gasteiger partial charge in [-0.2, -0.15) is 5.10 Å². The molecular weight excluding hydrogens is 340 g/mol. The van der Waals surface area contributed by atoms with Crippen molar-refractivity contribution < 1.29 is 9.53 Å². The lowest BCUT2D eigenvalue weighted by Gasteiger charge is -2.38. The molecule has 0 radical (unpaired) electrons. The molecule has 134 valence electrons. The molecule has 1 fully saturated rings. The number of nitrogens with one attached hydrogen (secondary N) is 1. The highest BCUT2D eigenvalue weighted by Gasteiger charge is 2.49. The van der Waals surface area contributed by atoms with Crippen LogP contribution in [0.2, 0.25) is 0 Å². The molecular formula is C21H18N4O2. The first-order valence-corrected chi connectivity index (χ1v) is 9.33. The summed E-state index contributed by atoms with van der Waals surface area (Å²) < 4.78 is 5.86. The van der Waals surface area contributed by atoms with Crippen LogP contribution in [0.25, 0.3) is 11.3 Å². The molecule has 0 atom stereocenters. The molecule has 6 nitrogen and oxygen atoms in total. The smallest absolute Gasteiger partial charge is 0.276 e. The van der Waals surface area contributed by atoms with E-state index in [0.717, 1.165) is 47.6 Å². The number of hydrogen-bond donors (Lipinski definition) is 1. The third-order valence-electron chi connectivity index (χ3n) is 6.27. The number of benzene rings is 1. The average molecular weight is 358 g/mol. The van der Waals surface area contributed by atoms with Crippen molar-refractivity contribution in [2.45, 2.75) is 31.3 Å². The number of amides is 1. The van der Waals surface area contributed by atoms with E-state index in [-0.39, 0.29) is 11.3 Å². The van der Waals surface area contributed by atoms with Gasteiger partial charge in [-0.1, -0.05) is 18.6 Å². The van der Waals surface area contributed by atoms with Gasteiger partial charge in [0.2, 0.25) is 0 Å². The van der Waals surface area contributed by atoms with E-state index >= 15 is 0 Å². The summed E-state index contributed by atoms with van der Waals surface area (Å²) in [4.78, 5) is 19.6. The number of carbonyl (C=O) groups excluding carboxylic acids is 1. The lowest BCUT2D eigenvalue weighted by Crippen LogP contribution is -2.41. The van der Waals surface area contributed by atoms with E-state index in [1.165, 1.54) is 12.0 Å². The lowest BCUT2D eigenvalue weighted by molar-refractivity contribution is 0.0971. The molecule has 1 aliphatic carbocycles. The fraction of sp³-hybridized carbons (Fsp3) is 0.286. The van der Waals surface area contributed by atoms with Crippen LogP contribution in [0.15, 0.2) is 42.7 Å². The molecule has 2 aliphatic heterocycles. The highest BCUT2D eigenvalue weighted by Crippen LogP contribution is 2.52. The summed E-state index contributed by atoms with van der Waals surface area (Å²) in [5.41, 5.74) is 5.38. The van der Waals surface area contributed by atoms with Gasteiger partial charge in [0.25, 0.3) is 5.91 Å². The first kappa shape index (κ1) is 15.0. The summed E-state index contributed by atoms with van der Waals surface area (Å²) in [6.07, 6.45) is 7.12. The SMILES string of the molecule is O=C(c1[nH]nc2c1COc1ccccc1-2)N1CC2(CCC2)c2ccncc21. The summed E-state index contributed by atoms with van der Waals surface area (Å²) >= 11 is 0. The minimum absolute atomic E-state index is 0.0512.